The lowest BCUT2D eigenvalue weighted by Crippen LogP contribution is -2.42. The Bertz CT molecular complexity index is 552. The molecule has 7 heteroatoms. The first-order valence-electron chi connectivity index (χ1n) is 6.97. The molecule has 1 saturated heterocycles. The summed E-state index contributed by atoms with van der Waals surface area (Å²) in [5.41, 5.74) is 1.52. The molecule has 1 amide bonds. The number of carboxylic acid groups (broad SMARTS) is 1. The normalized spacial score (nSPS) is 18.4. The summed E-state index contributed by atoms with van der Waals surface area (Å²) in [5.74, 6) is -1.31. The smallest absolute Gasteiger partial charge is 0.307 e. The number of carbonyl (C=O) groups is 2. The minimum absolute atomic E-state index is 0. The van der Waals surface area contributed by atoms with Gasteiger partial charge >= 0.3 is 5.97 Å². The fraction of sp³-hybridized carbons (Fsp3) is 0.467. The maximum absolute atomic E-state index is 12.1. The second-order valence-corrected chi connectivity index (χ2v) is 5.78. The van der Waals surface area contributed by atoms with Crippen molar-refractivity contribution in [1.82, 2.24) is 4.90 Å². The van der Waals surface area contributed by atoms with Crippen LogP contribution in [0.25, 0.3) is 0 Å². The Morgan fingerprint density at radius 1 is 1.45 bits per heavy atom. The summed E-state index contributed by atoms with van der Waals surface area (Å²) in [6.07, 6.45) is 1.49. The quantitative estimate of drug-likeness (QED) is 0.879. The number of benzene rings is 1. The van der Waals surface area contributed by atoms with Crippen LogP contribution >= 0.6 is 24.0 Å². The SMILES string of the molecule is Cc1c(Cl)cccc1NC(=O)CN1CCCC(C(=O)O)C1.Cl. The van der Waals surface area contributed by atoms with Gasteiger partial charge in [-0.25, -0.2) is 0 Å². The summed E-state index contributed by atoms with van der Waals surface area (Å²) >= 11 is 6.02. The van der Waals surface area contributed by atoms with Gasteiger partial charge in [-0.05, 0) is 44.0 Å². The first-order valence-corrected chi connectivity index (χ1v) is 7.35. The molecule has 5 nitrogen and oxygen atoms in total. The van der Waals surface area contributed by atoms with E-state index < -0.39 is 5.97 Å². The zero-order valence-electron chi connectivity index (χ0n) is 12.3. The number of carbonyl (C=O) groups excluding carboxylic acids is 1. The molecular formula is C15H20Cl2N2O3. The number of halogens is 2. The molecule has 1 aromatic rings. The van der Waals surface area contributed by atoms with Crippen LogP contribution in [0.5, 0.6) is 0 Å². The molecule has 1 aromatic carbocycles. The highest BCUT2D eigenvalue weighted by molar-refractivity contribution is 6.31. The summed E-state index contributed by atoms with van der Waals surface area (Å²) < 4.78 is 0. The van der Waals surface area contributed by atoms with Gasteiger partial charge in [-0.1, -0.05) is 17.7 Å². The van der Waals surface area contributed by atoms with E-state index in [1.807, 2.05) is 11.8 Å². The number of hydrogen-bond donors (Lipinski definition) is 2. The van der Waals surface area contributed by atoms with Crippen LogP contribution in [0.4, 0.5) is 5.69 Å². The molecule has 1 aliphatic heterocycles. The maximum atomic E-state index is 12.1. The lowest BCUT2D eigenvalue weighted by molar-refractivity contribution is -0.144. The highest BCUT2D eigenvalue weighted by Gasteiger charge is 2.26. The van der Waals surface area contributed by atoms with Gasteiger partial charge in [0.05, 0.1) is 12.5 Å². The van der Waals surface area contributed by atoms with Gasteiger partial charge in [-0.15, -0.1) is 12.4 Å². The van der Waals surface area contributed by atoms with Gasteiger partial charge in [0.2, 0.25) is 5.91 Å². The third-order valence-electron chi connectivity index (χ3n) is 3.76. The van der Waals surface area contributed by atoms with Crippen LogP contribution in [0.3, 0.4) is 0 Å². The van der Waals surface area contributed by atoms with Gasteiger partial charge in [-0.2, -0.15) is 0 Å². The molecule has 122 valence electrons. The highest BCUT2D eigenvalue weighted by Crippen LogP contribution is 2.23. The van der Waals surface area contributed by atoms with Crippen LogP contribution in [0.1, 0.15) is 18.4 Å². The molecule has 1 heterocycles. The fourth-order valence-electron chi connectivity index (χ4n) is 2.54. The van der Waals surface area contributed by atoms with Crippen molar-refractivity contribution in [3.8, 4) is 0 Å². The van der Waals surface area contributed by atoms with E-state index in [0.29, 0.717) is 23.7 Å². The second kappa shape index (κ2) is 8.36. The molecule has 0 aromatic heterocycles. The van der Waals surface area contributed by atoms with Crippen LogP contribution in [0.2, 0.25) is 5.02 Å². The Hall–Kier alpha value is -1.30. The molecule has 1 fully saturated rings. The van der Waals surface area contributed by atoms with Gasteiger partial charge in [0, 0.05) is 17.3 Å². The van der Waals surface area contributed by atoms with Gasteiger partial charge in [0.15, 0.2) is 0 Å². The van der Waals surface area contributed by atoms with Crippen molar-refractivity contribution >= 4 is 41.6 Å². The number of carboxylic acids is 1. The number of amides is 1. The van der Waals surface area contributed by atoms with Crippen LogP contribution in [0, 0.1) is 12.8 Å². The van der Waals surface area contributed by atoms with Gasteiger partial charge in [0.1, 0.15) is 0 Å². The van der Waals surface area contributed by atoms with Crippen molar-refractivity contribution in [2.24, 2.45) is 5.92 Å². The lowest BCUT2D eigenvalue weighted by atomic mass is 9.98. The molecule has 0 radical (unpaired) electrons. The molecule has 1 aliphatic rings. The van der Waals surface area contributed by atoms with Gasteiger partial charge in [-0.3, -0.25) is 14.5 Å². The van der Waals surface area contributed by atoms with Gasteiger partial charge in [0.25, 0.3) is 0 Å². The van der Waals surface area contributed by atoms with E-state index in [4.69, 9.17) is 16.7 Å². The number of aliphatic carboxylic acids is 1. The van der Waals surface area contributed by atoms with Crippen molar-refractivity contribution in [3.05, 3.63) is 28.8 Å². The van der Waals surface area contributed by atoms with E-state index in [0.717, 1.165) is 18.5 Å². The zero-order chi connectivity index (χ0) is 15.4. The number of nitrogens with one attached hydrogen (secondary N) is 1. The molecule has 2 N–H and O–H groups in total. The summed E-state index contributed by atoms with van der Waals surface area (Å²) in [5, 5.41) is 12.5. The van der Waals surface area contributed by atoms with E-state index in [1.54, 1.807) is 18.2 Å². The summed E-state index contributed by atoms with van der Waals surface area (Å²) in [7, 11) is 0. The standard InChI is InChI=1S/C15H19ClN2O3.ClH/c1-10-12(16)5-2-6-13(10)17-14(19)9-18-7-3-4-11(8-18)15(20)21;/h2,5-6,11H,3-4,7-9H2,1H3,(H,17,19)(H,20,21);1H. The fourth-order valence-corrected chi connectivity index (χ4v) is 2.71. The number of hydrogen-bond acceptors (Lipinski definition) is 3. The largest absolute Gasteiger partial charge is 0.481 e. The monoisotopic (exact) mass is 346 g/mol. The minimum atomic E-state index is -0.786. The van der Waals surface area contributed by atoms with Crippen LogP contribution in [-0.2, 0) is 9.59 Å². The number of rotatable bonds is 4. The zero-order valence-corrected chi connectivity index (χ0v) is 13.9. The Balaban J connectivity index is 0.00000242. The Labute approximate surface area is 141 Å². The van der Waals surface area contributed by atoms with E-state index >= 15 is 0 Å². The van der Waals surface area contributed by atoms with Crippen molar-refractivity contribution in [2.45, 2.75) is 19.8 Å². The Kier molecular flexibility index (Phi) is 7.13. The van der Waals surface area contributed by atoms with Crippen molar-refractivity contribution < 1.29 is 14.7 Å². The third-order valence-corrected chi connectivity index (χ3v) is 4.17. The summed E-state index contributed by atoms with van der Waals surface area (Å²) in [6, 6.07) is 5.36. The van der Waals surface area contributed by atoms with Crippen molar-refractivity contribution in [1.29, 1.82) is 0 Å². The van der Waals surface area contributed by atoms with Crippen molar-refractivity contribution in [3.63, 3.8) is 0 Å². The predicted molar refractivity (Wildman–Crippen MR) is 88.9 cm³/mol. The maximum Gasteiger partial charge on any atom is 0.307 e. The molecule has 1 unspecified atom stereocenters. The average Bonchev–Trinajstić information content (AvgIpc) is 2.44. The molecule has 1 atom stereocenters. The lowest BCUT2D eigenvalue weighted by Gasteiger charge is -2.30. The Morgan fingerprint density at radius 2 is 2.18 bits per heavy atom. The molecular weight excluding hydrogens is 327 g/mol. The number of nitrogens with zero attached hydrogens (tertiary/aromatic N) is 1. The van der Waals surface area contributed by atoms with E-state index in [2.05, 4.69) is 5.32 Å². The van der Waals surface area contributed by atoms with Gasteiger partial charge < -0.3 is 10.4 Å². The predicted octanol–water partition coefficient (Wildman–Crippen LogP) is 2.81. The number of piperidine rings is 1. The molecule has 2 rings (SSSR count). The topological polar surface area (TPSA) is 69.6 Å². The molecule has 0 bridgehead atoms. The van der Waals surface area contributed by atoms with Crippen LogP contribution < -0.4 is 5.32 Å². The van der Waals surface area contributed by atoms with E-state index in [9.17, 15) is 9.59 Å². The number of anilines is 1. The molecule has 22 heavy (non-hydrogen) atoms. The average molecular weight is 347 g/mol. The summed E-state index contributed by atoms with van der Waals surface area (Å²) in [6.45, 7) is 3.23. The third kappa shape index (κ3) is 4.87. The van der Waals surface area contributed by atoms with Crippen LogP contribution in [-0.4, -0.2) is 41.5 Å². The van der Waals surface area contributed by atoms with E-state index in [1.165, 1.54) is 0 Å². The molecule has 0 saturated carbocycles. The number of likely N-dealkylation sites (tertiary alicyclic amines) is 1. The highest BCUT2D eigenvalue weighted by atomic mass is 35.5. The first kappa shape index (κ1) is 18.7. The molecule has 0 spiro atoms. The second-order valence-electron chi connectivity index (χ2n) is 5.37. The van der Waals surface area contributed by atoms with E-state index in [-0.39, 0.29) is 30.8 Å². The first-order chi connectivity index (χ1) is 9.97. The van der Waals surface area contributed by atoms with Crippen LogP contribution in [0.15, 0.2) is 18.2 Å². The summed E-state index contributed by atoms with van der Waals surface area (Å²) in [4.78, 5) is 25.0. The van der Waals surface area contributed by atoms with Crippen molar-refractivity contribution in [2.75, 3.05) is 25.0 Å². The molecule has 0 aliphatic carbocycles. The minimum Gasteiger partial charge on any atom is -0.481 e. The Morgan fingerprint density at radius 3 is 2.86 bits per heavy atom.